The number of aliphatic hydroxyl groups is 1. The summed E-state index contributed by atoms with van der Waals surface area (Å²) in [5, 5.41) is 11.4. The van der Waals surface area contributed by atoms with Crippen LogP contribution in [0.2, 0.25) is 0 Å². The molecule has 0 bridgehead atoms. The lowest BCUT2D eigenvalue weighted by atomic mass is 9.43. The van der Waals surface area contributed by atoms with Crippen LogP contribution in [0.15, 0.2) is 11.6 Å². The number of hydrogen-bond donors (Lipinski definition) is 1. The first-order valence-electron chi connectivity index (χ1n) is 10.6. The van der Waals surface area contributed by atoms with Crippen LogP contribution in [-0.4, -0.2) is 10.7 Å². The Kier molecular flexibility index (Phi) is 3.65. The van der Waals surface area contributed by atoms with Gasteiger partial charge in [-0.25, -0.2) is 0 Å². The second-order valence-electron chi connectivity index (χ2n) is 10.7. The summed E-state index contributed by atoms with van der Waals surface area (Å²) >= 11 is 0. The van der Waals surface area contributed by atoms with Gasteiger partial charge in [0.05, 0.1) is 5.60 Å². The Bertz CT molecular complexity index is 560. The molecule has 0 saturated heterocycles. The fraction of sp³-hybridized carbons (Fsp3) is 0.913. The maximum Gasteiger partial charge on any atom is 0.0837 e. The van der Waals surface area contributed by atoms with Gasteiger partial charge in [0.2, 0.25) is 0 Å². The molecule has 3 saturated carbocycles. The summed E-state index contributed by atoms with van der Waals surface area (Å²) in [6, 6.07) is 0. The normalized spacial score (nSPS) is 56.9. The minimum atomic E-state index is -0.570. The first kappa shape index (κ1) is 17.1. The zero-order chi connectivity index (χ0) is 17.4. The Hall–Kier alpha value is -0.300. The van der Waals surface area contributed by atoms with Crippen molar-refractivity contribution in [1.82, 2.24) is 0 Å². The first-order chi connectivity index (χ1) is 11.2. The highest BCUT2D eigenvalue weighted by molar-refractivity contribution is 5.32. The van der Waals surface area contributed by atoms with E-state index in [2.05, 4.69) is 40.7 Å². The van der Waals surface area contributed by atoms with Crippen molar-refractivity contribution in [2.45, 2.75) is 98.0 Å². The molecule has 0 unspecified atom stereocenters. The molecule has 0 radical (unpaired) electrons. The largest absolute Gasteiger partial charge is 0.386 e. The minimum Gasteiger partial charge on any atom is -0.386 e. The van der Waals surface area contributed by atoms with Crippen molar-refractivity contribution >= 4 is 0 Å². The second-order valence-corrected chi connectivity index (χ2v) is 10.7. The van der Waals surface area contributed by atoms with E-state index in [4.69, 9.17) is 0 Å². The molecule has 1 heteroatoms. The zero-order valence-corrected chi connectivity index (χ0v) is 16.6. The maximum atomic E-state index is 11.4. The van der Waals surface area contributed by atoms with Gasteiger partial charge in [0.25, 0.3) is 0 Å². The predicted molar refractivity (Wildman–Crippen MR) is 101 cm³/mol. The lowest BCUT2D eigenvalue weighted by Gasteiger charge is -2.62. The monoisotopic (exact) mass is 330 g/mol. The summed E-state index contributed by atoms with van der Waals surface area (Å²) in [7, 11) is 0. The highest BCUT2D eigenvalue weighted by Crippen LogP contribution is 2.71. The molecule has 0 aromatic carbocycles. The van der Waals surface area contributed by atoms with E-state index in [1.54, 1.807) is 0 Å². The van der Waals surface area contributed by atoms with Gasteiger partial charge in [-0.2, -0.15) is 0 Å². The molecular formula is C23H38O. The standard InChI is InChI=1S/C23H38O/c1-6-20(2)13-10-18-16-15-23(5,24)19-9-7-8-12-21(19,3)17(16)11-14-22(18,20)4/h9,16-18,24H,6-8,10-15H2,1-5H3/t16-,17+,18+,20+,21-,22+,23-/m1/s1. The SMILES string of the molecule is CC[C@@]1(C)CC[C@H]2[C@@H]3C[C@@](C)(O)C4=CCCC[C@]4(C)[C@H]3CC[C@@]21C. The van der Waals surface area contributed by atoms with Crippen LogP contribution in [0.25, 0.3) is 0 Å². The summed E-state index contributed by atoms with van der Waals surface area (Å²) in [4.78, 5) is 0. The number of fused-ring (bicyclic) bond motifs is 5. The molecule has 0 aliphatic heterocycles. The van der Waals surface area contributed by atoms with Gasteiger partial charge in [-0.05, 0) is 97.9 Å². The molecule has 0 spiro atoms. The van der Waals surface area contributed by atoms with Crippen LogP contribution in [0.1, 0.15) is 92.4 Å². The summed E-state index contributed by atoms with van der Waals surface area (Å²) in [5.41, 5.74) is 2.10. The van der Waals surface area contributed by atoms with Crippen LogP contribution in [0, 0.1) is 34.0 Å². The van der Waals surface area contributed by atoms with Gasteiger partial charge in [0.1, 0.15) is 0 Å². The van der Waals surface area contributed by atoms with Gasteiger partial charge in [0, 0.05) is 0 Å². The zero-order valence-electron chi connectivity index (χ0n) is 16.6. The van der Waals surface area contributed by atoms with Gasteiger partial charge < -0.3 is 5.11 Å². The average Bonchev–Trinajstić information content (AvgIpc) is 2.79. The number of allylic oxidation sites excluding steroid dienone is 1. The summed E-state index contributed by atoms with van der Waals surface area (Å²) < 4.78 is 0. The Morgan fingerprint density at radius 2 is 1.75 bits per heavy atom. The van der Waals surface area contributed by atoms with Crippen LogP contribution in [-0.2, 0) is 0 Å². The van der Waals surface area contributed by atoms with Crippen molar-refractivity contribution in [1.29, 1.82) is 0 Å². The molecule has 0 amide bonds. The van der Waals surface area contributed by atoms with Gasteiger partial charge in [-0.1, -0.05) is 40.2 Å². The van der Waals surface area contributed by atoms with Crippen molar-refractivity contribution < 1.29 is 5.11 Å². The van der Waals surface area contributed by atoms with Crippen LogP contribution in [0.3, 0.4) is 0 Å². The molecule has 1 nitrogen and oxygen atoms in total. The predicted octanol–water partition coefficient (Wildman–Crippen LogP) is 6.12. The molecule has 0 aromatic rings. The minimum absolute atomic E-state index is 0.261. The molecule has 4 rings (SSSR count). The summed E-state index contributed by atoms with van der Waals surface area (Å²) in [6.45, 7) is 12.2. The maximum absolute atomic E-state index is 11.4. The Labute approximate surface area is 149 Å². The first-order valence-corrected chi connectivity index (χ1v) is 10.6. The van der Waals surface area contributed by atoms with Crippen LogP contribution >= 0.6 is 0 Å². The highest BCUT2D eigenvalue weighted by atomic mass is 16.3. The second kappa shape index (κ2) is 5.12. The fourth-order valence-corrected chi connectivity index (χ4v) is 8.18. The topological polar surface area (TPSA) is 20.2 Å². The van der Waals surface area contributed by atoms with Gasteiger partial charge >= 0.3 is 0 Å². The molecule has 0 heterocycles. The molecule has 4 aliphatic carbocycles. The highest BCUT2D eigenvalue weighted by Gasteiger charge is 2.64. The Morgan fingerprint density at radius 3 is 2.46 bits per heavy atom. The molecule has 1 N–H and O–H groups in total. The van der Waals surface area contributed by atoms with E-state index in [0.29, 0.717) is 10.8 Å². The third-order valence-corrected chi connectivity index (χ3v) is 9.89. The lowest BCUT2D eigenvalue weighted by Crippen LogP contribution is -2.57. The van der Waals surface area contributed by atoms with Crippen molar-refractivity contribution in [2.24, 2.45) is 34.0 Å². The third kappa shape index (κ3) is 1.97. The fourth-order valence-electron chi connectivity index (χ4n) is 8.18. The van der Waals surface area contributed by atoms with E-state index in [0.717, 1.165) is 24.2 Å². The average molecular weight is 331 g/mol. The van der Waals surface area contributed by atoms with E-state index in [1.807, 2.05) is 0 Å². The number of hydrogen-bond acceptors (Lipinski definition) is 1. The van der Waals surface area contributed by atoms with Gasteiger partial charge in [0.15, 0.2) is 0 Å². The molecular weight excluding hydrogens is 292 g/mol. The van der Waals surface area contributed by atoms with E-state index in [-0.39, 0.29) is 5.41 Å². The Morgan fingerprint density at radius 1 is 1.04 bits per heavy atom. The van der Waals surface area contributed by atoms with E-state index < -0.39 is 5.60 Å². The smallest absolute Gasteiger partial charge is 0.0837 e. The number of rotatable bonds is 1. The molecule has 136 valence electrons. The molecule has 24 heavy (non-hydrogen) atoms. The van der Waals surface area contributed by atoms with Crippen LogP contribution in [0.5, 0.6) is 0 Å². The lowest BCUT2D eigenvalue weighted by molar-refractivity contribution is -0.119. The van der Waals surface area contributed by atoms with Crippen LogP contribution in [0.4, 0.5) is 0 Å². The van der Waals surface area contributed by atoms with Crippen molar-refractivity contribution in [3.8, 4) is 0 Å². The molecule has 7 atom stereocenters. The summed E-state index contributed by atoms with van der Waals surface area (Å²) in [6.07, 6.45) is 14.1. The summed E-state index contributed by atoms with van der Waals surface area (Å²) in [5.74, 6) is 2.36. The molecule has 3 fully saturated rings. The Balaban J connectivity index is 1.75. The molecule has 4 aliphatic rings. The van der Waals surface area contributed by atoms with E-state index in [9.17, 15) is 5.11 Å². The van der Waals surface area contributed by atoms with E-state index in [1.165, 1.54) is 56.9 Å². The van der Waals surface area contributed by atoms with Crippen molar-refractivity contribution in [2.75, 3.05) is 0 Å². The van der Waals surface area contributed by atoms with Gasteiger partial charge in [-0.3, -0.25) is 0 Å². The van der Waals surface area contributed by atoms with E-state index >= 15 is 0 Å². The third-order valence-electron chi connectivity index (χ3n) is 9.89. The van der Waals surface area contributed by atoms with Crippen molar-refractivity contribution in [3.63, 3.8) is 0 Å². The van der Waals surface area contributed by atoms with Gasteiger partial charge in [-0.15, -0.1) is 0 Å². The van der Waals surface area contributed by atoms with Crippen molar-refractivity contribution in [3.05, 3.63) is 11.6 Å². The molecule has 0 aromatic heterocycles. The van der Waals surface area contributed by atoms with Crippen LogP contribution < -0.4 is 0 Å². The quantitative estimate of drug-likeness (QED) is 0.574.